The quantitative estimate of drug-likeness (QED) is 0.759. The van der Waals surface area contributed by atoms with Gasteiger partial charge in [-0.15, -0.1) is 0 Å². The summed E-state index contributed by atoms with van der Waals surface area (Å²) < 4.78 is 4.79. The van der Waals surface area contributed by atoms with Crippen LogP contribution in [-0.2, 0) is 6.42 Å². The van der Waals surface area contributed by atoms with Crippen LogP contribution in [0.25, 0.3) is 0 Å². The van der Waals surface area contributed by atoms with Gasteiger partial charge in [-0.25, -0.2) is 0 Å². The van der Waals surface area contributed by atoms with E-state index in [0.29, 0.717) is 6.42 Å². The lowest BCUT2D eigenvalue weighted by Crippen LogP contribution is -1.84. The highest BCUT2D eigenvalue weighted by Crippen LogP contribution is 2.20. The molecule has 0 aliphatic rings. The highest BCUT2D eigenvalue weighted by atomic mass is 16.5. The molecule has 2 heteroatoms. The fourth-order valence-electron chi connectivity index (χ4n) is 1.28. The van der Waals surface area contributed by atoms with Crippen LogP contribution in [0.3, 0.4) is 0 Å². The van der Waals surface area contributed by atoms with Crippen LogP contribution in [-0.4, -0.2) is 5.11 Å². The van der Waals surface area contributed by atoms with Crippen molar-refractivity contribution in [3.8, 4) is 5.95 Å². The molecule has 0 saturated heterocycles. The molecule has 1 aromatic carbocycles. The summed E-state index contributed by atoms with van der Waals surface area (Å²) in [7, 11) is 0. The van der Waals surface area contributed by atoms with Crippen molar-refractivity contribution in [2.24, 2.45) is 0 Å². The minimum atomic E-state index is 0.0175. The van der Waals surface area contributed by atoms with Gasteiger partial charge in [-0.05, 0) is 11.6 Å². The molecule has 2 aromatic rings. The second-order valence-electron chi connectivity index (χ2n) is 2.91. The maximum absolute atomic E-state index is 9.25. The van der Waals surface area contributed by atoms with E-state index >= 15 is 0 Å². The van der Waals surface area contributed by atoms with Gasteiger partial charge in [-0.2, -0.15) is 0 Å². The van der Waals surface area contributed by atoms with Crippen molar-refractivity contribution in [2.75, 3.05) is 0 Å². The molecule has 1 N–H and O–H groups in total. The summed E-state index contributed by atoms with van der Waals surface area (Å²) in [6, 6.07) is 11.7. The Hall–Kier alpha value is -1.70. The molecule has 0 bridgehead atoms. The molecule has 0 aliphatic heterocycles. The van der Waals surface area contributed by atoms with Crippen LogP contribution in [0, 0.1) is 0 Å². The predicted molar refractivity (Wildman–Crippen MR) is 49.6 cm³/mol. The highest BCUT2D eigenvalue weighted by Gasteiger charge is 2.03. The zero-order valence-electron chi connectivity index (χ0n) is 7.10. The third-order valence-electron chi connectivity index (χ3n) is 1.96. The summed E-state index contributed by atoms with van der Waals surface area (Å²) in [5.74, 6) is 0.0175. The summed E-state index contributed by atoms with van der Waals surface area (Å²) in [5.41, 5.74) is 1.99. The van der Waals surface area contributed by atoms with E-state index in [4.69, 9.17) is 4.42 Å². The van der Waals surface area contributed by atoms with E-state index < -0.39 is 0 Å². The monoisotopic (exact) mass is 174 g/mol. The average molecular weight is 174 g/mol. The number of rotatable bonds is 2. The van der Waals surface area contributed by atoms with Gasteiger partial charge in [0.25, 0.3) is 5.95 Å². The standard InChI is InChI=1S/C11H10O2/c12-11-10(6-7-13-11)8-9-4-2-1-3-5-9/h1-7,12H,8H2. The Morgan fingerprint density at radius 3 is 2.46 bits per heavy atom. The van der Waals surface area contributed by atoms with E-state index in [1.165, 1.54) is 11.8 Å². The van der Waals surface area contributed by atoms with E-state index in [1.54, 1.807) is 6.07 Å². The third kappa shape index (κ3) is 1.72. The molecule has 13 heavy (non-hydrogen) atoms. The zero-order valence-corrected chi connectivity index (χ0v) is 7.10. The van der Waals surface area contributed by atoms with E-state index in [0.717, 1.165) is 5.56 Å². The van der Waals surface area contributed by atoms with Crippen LogP contribution in [0.5, 0.6) is 5.95 Å². The van der Waals surface area contributed by atoms with Gasteiger partial charge >= 0.3 is 0 Å². The maximum Gasteiger partial charge on any atom is 0.285 e. The summed E-state index contributed by atoms with van der Waals surface area (Å²) >= 11 is 0. The number of hydrogen-bond acceptors (Lipinski definition) is 2. The molecule has 0 radical (unpaired) electrons. The topological polar surface area (TPSA) is 33.4 Å². The number of benzene rings is 1. The van der Waals surface area contributed by atoms with Gasteiger partial charge in [0.1, 0.15) is 0 Å². The molecule has 1 heterocycles. The van der Waals surface area contributed by atoms with Crippen LogP contribution in [0.1, 0.15) is 11.1 Å². The molecular formula is C11H10O2. The molecule has 0 unspecified atom stereocenters. The maximum atomic E-state index is 9.25. The van der Waals surface area contributed by atoms with Crippen molar-refractivity contribution in [1.82, 2.24) is 0 Å². The van der Waals surface area contributed by atoms with Gasteiger partial charge in [-0.1, -0.05) is 30.3 Å². The van der Waals surface area contributed by atoms with E-state index in [1.807, 2.05) is 30.3 Å². The van der Waals surface area contributed by atoms with Gasteiger partial charge in [0.15, 0.2) is 0 Å². The van der Waals surface area contributed by atoms with Crippen molar-refractivity contribution in [3.63, 3.8) is 0 Å². The highest BCUT2D eigenvalue weighted by molar-refractivity contribution is 5.29. The van der Waals surface area contributed by atoms with Crippen LogP contribution in [0.2, 0.25) is 0 Å². The number of hydrogen-bond donors (Lipinski definition) is 1. The predicted octanol–water partition coefficient (Wildman–Crippen LogP) is 2.58. The molecule has 2 nitrogen and oxygen atoms in total. The molecule has 0 aliphatic carbocycles. The Morgan fingerprint density at radius 1 is 1.08 bits per heavy atom. The Labute approximate surface area is 76.4 Å². The summed E-state index contributed by atoms with van der Waals surface area (Å²) in [6.07, 6.45) is 2.21. The van der Waals surface area contributed by atoms with Crippen molar-refractivity contribution in [2.45, 2.75) is 6.42 Å². The normalized spacial score (nSPS) is 10.2. The first-order valence-corrected chi connectivity index (χ1v) is 4.15. The molecule has 0 spiro atoms. The van der Waals surface area contributed by atoms with Crippen molar-refractivity contribution >= 4 is 0 Å². The van der Waals surface area contributed by atoms with Crippen molar-refractivity contribution in [1.29, 1.82) is 0 Å². The van der Waals surface area contributed by atoms with Crippen LogP contribution >= 0.6 is 0 Å². The Bertz CT molecular complexity index is 376. The summed E-state index contributed by atoms with van der Waals surface area (Å²) in [4.78, 5) is 0. The molecule has 2 rings (SSSR count). The minimum absolute atomic E-state index is 0.0175. The Kier molecular flexibility index (Phi) is 2.04. The Morgan fingerprint density at radius 2 is 1.85 bits per heavy atom. The molecular weight excluding hydrogens is 164 g/mol. The lowest BCUT2D eigenvalue weighted by molar-refractivity contribution is 0.328. The fraction of sp³-hybridized carbons (Fsp3) is 0.0909. The third-order valence-corrected chi connectivity index (χ3v) is 1.96. The first-order valence-electron chi connectivity index (χ1n) is 4.15. The summed E-state index contributed by atoms with van der Waals surface area (Å²) in [6.45, 7) is 0. The van der Waals surface area contributed by atoms with Gasteiger partial charge in [-0.3, -0.25) is 0 Å². The average Bonchev–Trinajstić information content (AvgIpc) is 2.54. The zero-order chi connectivity index (χ0) is 9.10. The van der Waals surface area contributed by atoms with Gasteiger partial charge < -0.3 is 9.52 Å². The number of furan rings is 1. The second kappa shape index (κ2) is 3.35. The fourth-order valence-corrected chi connectivity index (χ4v) is 1.28. The SMILES string of the molecule is Oc1occc1Cc1ccccc1. The molecule has 1 aromatic heterocycles. The first-order chi connectivity index (χ1) is 6.36. The smallest absolute Gasteiger partial charge is 0.285 e. The van der Waals surface area contributed by atoms with Crippen molar-refractivity contribution in [3.05, 3.63) is 53.8 Å². The van der Waals surface area contributed by atoms with Gasteiger partial charge in [0, 0.05) is 12.0 Å². The molecule has 0 atom stereocenters. The van der Waals surface area contributed by atoms with Crippen LogP contribution in [0.15, 0.2) is 47.1 Å². The van der Waals surface area contributed by atoms with E-state index in [2.05, 4.69) is 0 Å². The van der Waals surface area contributed by atoms with Crippen LogP contribution < -0.4 is 0 Å². The molecule has 0 saturated carbocycles. The molecule has 0 fully saturated rings. The second-order valence-corrected chi connectivity index (χ2v) is 2.91. The minimum Gasteiger partial charge on any atom is -0.481 e. The summed E-state index contributed by atoms with van der Waals surface area (Å²) in [5, 5.41) is 9.25. The molecule has 66 valence electrons. The lowest BCUT2D eigenvalue weighted by Gasteiger charge is -1.97. The van der Waals surface area contributed by atoms with Gasteiger partial charge in [0.05, 0.1) is 6.26 Å². The lowest BCUT2D eigenvalue weighted by atomic mass is 10.1. The van der Waals surface area contributed by atoms with Gasteiger partial charge in [0.2, 0.25) is 0 Å². The van der Waals surface area contributed by atoms with Crippen molar-refractivity contribution < 1.29 is 9.52 Å². The van der Waals surface area contributed by atoms with E-state index in [9.17, 15) is 5.11 Å². The van der Waals surface area contributed by atoms with Crippen LogP contribution in [0.4, 0.5) is 0 Å². The number of aromatic hydroxyl groups is 1. The largest absolute Gasteiger partial charge is 0.481 e. The molecule has 0 amide bonds. The van der Waals surface area contributed by atoms with E-state index in [-0.39, 0.29) is 5.95 Å². The first kappa shape index (κ1) is 7.92. The Balaban J connectivity index is 2.20.